The van der Waals surface area contributed by atoms with Crippen LogP contribution in [0, 0.1) is 19.7 Å². The minimum Gasteiger partial charge on any atom is -0.369 e. The molecule has 39 heavy (non-hydrogen) atoms. The maximum Gasteiger partial charge on any atom is 0.253 e. The van der Waals surface area contributed by atoms with Gasteiger partial charge in [0.25, 0.3) is 5.56 Å². The number of anilines is 1. The van der Waals surface area contributed by atoms with Gasteiger partial charge < -0.3 is 9.88 Å². The van der Waals surface area contributed by atoms with Gasteiger partial charge in [0.1, 0.15) is 11.9 Å². The van der Waals surface area contributed by atoms with E-state index in [4.69, 9.17) is 0 Å². The molecule has 8 nitrogen and oxygen atoms in total. The summed E-state index contributed by atoms with van der Waals surface area (Å²) in [6.45, 7) is 7.50. The van der Waals surface area contributed by atoms with Crippen LogP contribution in [0.25, 0.3) is 10.9 Å². The summed E-state index contributed by atoms with van der Waals surface area (Å²) in [5.74, 6) is 0.292. The fourth-order valence-corrected chi connectivity index (χ4v) is 5.45. The number of halogens is 1. The van der Waals surface area contributed by atoms with Gasteiger partial charge in [0.05, 0.1) is 12.1 Å². The number of benzene rings is 3. The molecule has 0 amide bonds. The standard InChI is InChI=1S/C30H30FN7O/c1-20-8-9-21(2)27-25(20)18-26(30(39)32-27)28(37-16-14-36(15-17-37)24-6-4-3-5-7-24)29-33-34-35-38(29)19-22-10-12-23(31)13-11-22/h3-13,18,28H,14-17,19H2,1-2H3,(H,32,39)/t28-/m0/s1. The van der Waals surface area contributed by atoms with Gasteiger partial charge in [-0.1, -0.05) is 42.5 Å². The second kappa shape index (κ2) is 10.4. The predicted octanol–water partition coefficient (Wildman–Crippen LogP) is 4.23. The van der Waals surface area contributed by atoms with Crippen LogP contribution < -0.4 is 10.5 Å². The van der Waals surface area contributed by atoms with Crippen molar-refractivity contribution < 1.29 is 4.39 Å². The van der Waals surface area contributed by atoms with Crippen LogP contribution in [0.4, 0.5) is 10.1 Å². The van der Waals surface area contributed by atoms with Gasteiger partial charge in [0.15, 0.2) is 5.82 Å². The molecule has 2 aromatic heterocycles. The Kier molecular flexibility index (Phi) is 6.66. The molecule has 3 heterocycles. The van der Waals surface area contributed by atoms with E-state index in [1.807, 2.05) is 37.3 Å². The lowest BCUT2D eigenvalue weighted by atomic mass is 9.99. The van der Waals surface area contributed by atoms with E-state index in [0.717, 1.165) is 53.8 Å². The lowest BCUT2D eigenvalue weighted by Gasteiger charge is -2.39. The first-order valence-corrected chi connectivity index (χ1v) is 13.2. The zero-order valence-corrected chi connectivity index (χ0v) is 22.0. The number of aromatic amines is 1. The smallest absolute Gasteiger partial charge is 0.253 e. The highest BCUT2D eigenvalue weighted by molar-refractivity contribution is 5.85. The van der Waals surface area contributed by atoms with Crippen LogP contribution in [0.1, 0.15) is 34.1 Å². The first-order chi connectivity index (χ1) is 19.0. The van der Waals surface area contributed by atoms with Crippen molar-refractivity contribution in [3.63, 3.8) is 0 Å². The summed E-state index contributed by atoms with van der Waals surface area (Å²) in [5.41, 5.74) is 5.48. The molecule has 1 N–H and O–H groups in total. The first kappa shape index (κ1) is 24.9. The summed E-state index contributed by atoms with van der Waals surface area (Å²) in [6, 6.07) is 22.3. The zero-order chi connectivity index (χ0) is 26.9. The van der Waals surface area contributed by atoms with Crippen molar-refractivity contribution in [2.75, 3.05) is 31.1 Å². The minimum atomic E-state index is -0.452. The number of piperazine rings is 1. The summed E-state index contributed by atoms with van der Waals surface area (Å²) >= 11 is 0. The molecule has 0 radical (unpaired) electrons. The number of nitrogens with one attached hydrogen (secondary N) is 1. The molecule has 3 aromatic carbocycles. The molecule has 6 rings (SSSR count). The summed E-state index contributed by atoms with van der Waals surface area (Å²) in [5, 5.41) is 13.7. The normalized spacial score (nSPS) is 15.1. The quantitative estimate of drug-likeness (QED) is 0.359. The number of fused-ring (bicyclic) bond motifs is 1. The molecular formula is C30H30FN7O. The van der Waals surface area contributed by atoms with Crippen molar-refractivity contribution in [1.29, 1.82) is 0 Å². The van der Waals surface area contributed by atoms with Crippen molar-refractivity contribution in [2.45, 2.75) is 26.4 Å². The maximum absolute atomic E-state index is 13.7. The average molecular weight is 524 g/mol. The second-order valence-corrected chi connectivity index (χ2v) is 10.1. The highest BCUT2D eigenvalue weighted by Crippen LogP contribution is 2.30. The van der Waals surface area contributed by atoms with Crippen molar-refractivity contribution in [3.8, 4) is 0 Å². The van der Waals surface area contributed by atoms with Gasteiger partial charge in [0, 0.05) is 42.8 Å². The number of hydrogen-bond acceptors (Lipinski definition) is 6. The summed E-state index contributed by atoms with van der Waals surface area (Å²) in [6.07, 6.45) is 0. The van der Waals surface area contributed by atoms with Crippen molar-refractivity contribution >= 4 is 16.6 Å². The Morgan fingerprint density at radius 1 is 0.923 bits per heavy atom. The van der Waals surface area contributed by atoms with Gasteiger partial charge in [-0.25, -0.2) is 9.07 Å². The summed E-state index contributed by atoms with van der Waals surface area (Å²) in [7, 11) is 0. The highest BCUT2D eigenvalue weighted by atomic mass is 19.1. The van der Waals surface area contributed by atoms with Crippen LogP contribution in [-0.4, -0.2) is 56.3 Å². The molecule has 1 saturated heterocycles. The van der Waals surface area contributed by atoms with Crippen molar-refractivity contribution in [2.24, 2.45) is 0 Å². The molecule has 0 aliphatic carbocycles. The van der Waals surface area contributed by atoms with Gasteiger partial charge in [-0.2, -0.15) is 0 Å². The molecule has 1 aliphatic rings. The Bertz CT molecular complexity index is 1660. The Balaban J connectivity index is 1.41. The number of hydrogen-bond donors (Lipinski definition) is 1. The molecule has 0 unspecified atom stereocenters. The van der Waals surface area contributed by atoms with Gasteiger partial charge >= 0.3 is 0 Å². The fraction of sp³-hybridized carbons (Fsp3) is 0.267. The van der Waals surface area contributed by atoms with E-state index < -0.39 is 6.04 Å². The van der Waals surface area contributed by atoms with E-state index in [0.29, 0.717) is 17.9 Å². The second-order valence-electron chi connectivity index (χ2n) is 10.1. The third kappa shape index (κ3) is 4.93. The van der Waals surface area contributed by atoms with Gasteiger partial charge in [-0.05, 0) is 71.3 Å². The number of para-hydroxylation sites is 1. The van der Waals surface area contributed by atoms with Gasteiger partial charge in [-0.15, -0.1) is 5.10 Å². The monoisotopic (exact) mass is 523 g/mol. The fourth-order valence-electron chi connectivity index (χ4n) is 5.45. The number of tetrazole rings is 1. The molecule has 0 spiro atoms. The van der Waals surface area contributed by atoms with Crippen LogP contribution >= 0.6 is 0 Å². The van der Waals surface area contributed by atoms with E-state index in [1.165, 1.54) is 17.8 Å². The van der Waals surface area contributed by atoms with E-state index >= 15 is 0 Å². The van der Waals surface area contributed by atoms with E-state index in [9.17, 15) is 9.18 Å². The largest absolute Gasteiger partial charge is 0.369 e. The maximum atomic E-state index is 13.7. The number of aromatic nitrogens is 5. The number of rotatable bonds is 6. The summed E-state index contributed by atoms with van der Waals surface area (Å²) < 4.78 is 15.2. The molecule has 0 bridgehead atoms. The Morgan fingerprint density at radius 3 is 2.38 bits per heavy atom. The predicted molar refractivity (Wildman–Crippen MR) is 149 cm³/mol. The molecule has 9 heteroatoms. The third-order valence-corrected chi connectivity index (χ3v) is 7.62. The number of nitrogens with zero attached hydrogens (tertiary/aromatic N) is 6. The first-order valence-electron chi connectivity index (χ1n) is 13.2. The minimum absolute atomic E-state index is 0.150. The summed E-state index contributed by atoms with van der Waals surface area (Å²) in [4.78, 5) is 21.4. The Morgan fingerprint density at radius 2 is 1.64 bits per heavy atom. The van der Waals surface area contributed by atoms with Crippen LogP contribution in [0.15, 0.2) is 77.6 Å². The lowest BCUT2D eigenvalue weighted by Crippen LogP contribution is -2.49. The molecule has 0 saturated carbocycles. The molecule has 1 fully saturated rings. The van der Waals surface area contributed by atoms with E-state index in [1.54, 1.807) is 16.8 Å². The Labute approximate surface area is 225 Å². The van der Waals surface area contributed by atoms with Crippen LogP contribution in [0.3, 0.4) is 0 Å². The molecule has 5 aromatic rings. The van der Waals surface area contributed by atoms with Crippen LogP contribution in [-0.2, 0) is 6.54 Å². The van der Waals surface area contributed by atoms with Gasteiger partial charge in [-0.3, -0.25) is 9.69 Å². The van der Waals surface area contributed by atoms with E-state index in [-0.39, 0.29) is 11.4 Å². The Hall–Kier alpha value is -4.37. The average Bonchev–Trinajstić information content (AvgIpc) is 3.41. The van der Waals surface area contributed by atoms with Crippen LogP contribution in [0.2, 0.25) is 0 Å². The zero-order valence-electron chi connectivity index (χ0n) is 22.0. The molecule has 1 aliphatic heterocycles. The number of pyridine rings is 1. The molecule has 1 atom stereocenters. The number of H-pyrrole nitrogens is 1. The van der Waals surface area contributed by atoms with Crippen LogP contribution in [0.5, 0.6) is 0 Å². The SMILES string of the molecule is Cc1ccc(C)c2[nH]c(=O)c([C@@H](c3nnnn3Cc3ccc(F)cc3)N3CCN(c4ccccc4)CC3)cc12. The van der Waals surface area contributed by atoms with Gasteiger partial charge in [0.2, 0.25) is 0 Å². The molecular weight excluding hydrogens is 493 g/mol. The van der Waals surface area contributed by atoms with E-state index in [2.05, 4.69) is 55.4 Å². The third-order valence-electron chi connectivity index (χ3n) is 7.62. The highest BCUT2D eigenvalue weighted by Gasteiger charge is 2.33. The van der Waals surface area contributed by atoms with Crippen molar-refractivity contribution in [3.05, 3.63) is 117 Å². The number of aryl methyl sites for hydroxylation is 2. The molecule has 198 valence electrons. The topological polar surface area (TPSA) is 82.9 Å². The lowest BCUT2D eigenvalue weighted by molar-refractivity contribution is 0.200. The van der Waals surface area contributed by atoms with Crippen molar-refractivity contribution in [1.82, 2.24) is 30.1 Å².